The van der Waals surface area contributed by atoms with Gasteiger partial charge >= 0.3 is 0 Å². The van der Waals surface area contributed by atoms with Gasteiger partial charge in [0.1, 0.15) is 29.2 Å². The molecule has 0 aromatic carbocycles. The fourth-order valence-corrected chi connectivity index (χ4v) is 4.92. The van der Waals surface area contributed by atoms with E-state index >= 15 is 0 Å². The molecule has 4 aliphatic rings. The van der Waals surface area contributed by atoms with E-state index < -0.39 is 6.17 Å². The van der Waals surface area contributed by atoms with Gasteiger partial charge in [0.05, 0.1) is 11.6 Å². The van der Waals surface area contributed by atoms with Crippen LogP contribution in [0.3, 0.4) is 0 Å². The number of nitrogens with one attached hydrogen (secondary N) is 2. The number of hydrogen-bond acceptors (Lipinski definition) is 3. The molecule has 2 aliphatic carbocycles. The van der Waals surface area contributed by atoms with Crippen LogP contribution >= 0.6 is 23.0 Å². The van der Waals surface area contributed by atoms with E-state index in [0.717, 1.165) is 38.8 Å². The molecule has 96 valence electrons. The first-order valence-electron chi connectivity index (χ1n) is 6.63. The molecule has 5 unspecified atom stereocenters. The van der Waals surface area contributed by atoms with E-state index in [4.69, 9.17) is 3.07 Å². The third kappa shape index (κ3) is 1.42. The molecule has 3 nitrogen and oxygen atoms in total. The summed E-state index contributed by atoms with van der Waals surface area (Å²) in [7, 11) is 0. The molecule has 4 rings (SSSR count). The summed E-state index contributed by atoms with van der Waals surface area (Å²) in [5.74, 6) is 0.685. The summed E-state index contributed by atoms with van der Waals surface area (Å²) in [5.41, 5.74) is -0.00791. The minimum absolute atomic E-state index is 0.109. The molecule has 0 aromatic heterocycles. The van der Waals surface area contributed by atoms with E-state index in [9.17, 15) is 4.39 Å². The van der Waals surface area contributed by atoms with E-state index in [1.165, 1.54) is 0 Å². The Hall–Kier alpha value is 0.540. The molecular weight excluding hydrogens is 334 g/mol. The smallest absolute Gasteiger partial charge is 0.123 e. The average molecular weight is 352 g/mol. The lowest BCUT2D eigenvalue weighted by Gasteiger charge is -2.22. The molecule has 5 heteroatoms. The Labute approximate surface area is 115 Å². The third-order valence-corrected chi connectivity index (χ3v) is 6.11. The van der Waals surface area contributed by atoms with E-state index in [-0.39, 0.29) is 23.1 Å². The Morgan fingerprint density at radius 3 is 2.76 bits per heavy atom. The van der Waals surface area contributed by atoms with Crippen molar-refractivity contribution in [2.24, 2.45) is 11.8 Å². The molecular formula is C12H18FIN2O. The van der Waals surface area contributed by atoms with Crippen molar-refractivity contribution in [3.63, 3.8) is 0 Å². The molecule has 0 bridgehead atoms. The molecule has 0 aromatic rings. The number of hydrogen-bond donors (Lipinski definition) is 2. The van der Waals surface area contributed by atoms with Gasteiger partial charge < -0.3 is 13.7 Å². The first kappa shape index (κ1) is 11.4. The molecule has 2 N–H and O–H groups in total. The summed E-state index contributed by atoms with van der Waals surface area (Å²) in [5, 5.41) is 7.00. The van der Waals surface area contributed by atoms with Gasteiger partial charge in [-0.25, -0.2) is 4.39 Å². The first-order valence-corrected chi connectivity index (χ1v) is 7.51. The van der Waals surface area contributed by atoms with Gasteiger partial charge in [0, 0.05) is 18.0 Å². The average Bonchev–Trinajstić information content (AvgIpc) is 3.16. The zero-order valence-corrected chi connectivity index (χ0v) is 11.9. The summed E-state index contributed by atoms with van der Waals surface area (Å²) in [6.07, 6.45) is 3.89. The minimum Gasteiger partial charge on any atom is -0.310 e. The van der Waals surface area contributed by atoms with E-state index in [2.05, 4.69) is 10.6 Å². The zero-order chi connectivity index (χ0) is 11.7. The lowest BCUT2D eigenvalue weighted by Crippen LogP contribution is -2.39. The maximum atomic E-state index is 14.5. The van der Waals surface area contributed by atoms with Crippen molar-refractivity contribution in [3.05, 3.63) is 0 Å². The van der Waals surface area contributed by atoms with Crippen LogP contribution in [-0.2, 0) is 3.07 Å². The van der Waals surface area contributed by atoms with Gasteiger partial charge in [-0.2, -0.15) is 0 Å². The van der Waals surface area contributed by atoms with Crippen LogP contribution in [0.25, 0.3) is 0 Å². The molecule has 4 fully saturated rings. The van der Waals surface area contributed by atoms with Crippen LogP contribution in [0.1, 0.15) is 25.7 Å². The van der Waals surface area contributed by atoms with Gasteiger partial charge in [-0.3, -0.25) is 0 Å². The highest BCUT2D eigenvalue weighted by Crippen LogP contribution is 2.60. The highest BCUT2D eigenvalue weighted by atomic mass is 127. The van der Waals surface area contributed by atoms with E-state index in [0.29, 0.717) is 5.92 Å². The second kappa shape index (κ2) is 3.55. The predicted octanol–water partition coefficient (Wildman–Crippen LogP) is 1.56. The van der Waals surface area contributed by atoms with Gasteiger partial charge in [-0.15, -0.1) is 0 Å². The maximum absolute atomic E-state index is 14.5. The predicted molar refractivity (Wildman–Crippen MR) is 70.7 cm³/mol. The van der Waals surface area contributed by atoms with Gasteiger partial charge in [-0.1, -0.05) is 0 Å². The normalized spacial score (nSPS) is 54.7. The van der Waals surface area contributed by atoms with Crippen LogP contribution in [0, 0.1) is 11.8 Å². The summed E-state index contributed by atoms with van der Waals surface area (Å²) >= 11 is 2.00. The Bertz CT molecular complexity index is 351. The third-order valence-electron chi connectivity index (χ3n) is 5.50. The van der Waals surface area contributed by atoms with Gasteiger partial charge in [0.25, 0.3) is 0 Å². The van der Waals surface area contributed by atoms with Crippen LogP contribution in [0.2, 0.25) is 0 Å². The fourth-order valence-electron chi connectivity index (χ4n) is 4.21. The molecule has 0 radical (unpaired) electrons. The lowest BCUT2D eigenvalue weighted by atomic mass is 9.92. The largest absolute Gasteiger partial charge is 0.310 e. The van der Waals surface area contributed by atoms with Crippen LogP contribution in [0.15, 0.2) is 0 Å². The zero-order valence-electron chi connectivity index (χ0n) is 9.72. The maximum Gasteiger partial charge on any atom is 0.123 e. The SMILES string of the molecule is FC1C(C2CC23NCCC3OI)CNC12CC2. The Morgan fingerprint density at radius 2 is 2.12 bits per heavy atom. The number of rotatable bonds is 2. The van der Waals surface area contributed by atoms with Gasteiger partial charge in [0.2, 0.25) is 0 Å². The van der Waals surface area contributed by atoms with Crippen molar-refractivity contribution in [1.82, 2.24) is 10.6 Å². The second-order valence-electron chi connectivity index (χ2n) is 6.25. The Kier molecular flexibility index (Phi) is 2.38. The van der Waals surface area contributed by atoms with Crippen LogP contribution in [0.5, 0.6) is 0 Å². The lowest BCUT2D eigenvalue weighted by molar-refractivity contribution is 0.178. The van der Waals surface area contributed by atoms with Crippen molar-refractivity contribution in [3.8, 4) is 0 Å². The van der Waals surface area contributed by atoms with Crippen LogP contribution < -0.4 is 10.6 Å². The molecule has 2 heterocycles. The van der Waals surface area contributed by atoms with Crippen molar-refractivity contribution in [1.29, 1.82) is 0 Å². The standard InChI is InChI=1S/C12H18FIN2O/c13-10-7(6-16-11(10)2-3-11)8-5-12(8)9(17-14)1-4-15-12/h7-10,15-16H,1-6H2. The summed E-state index contributed by atoms with van der Waals surface area (Å²) in [6, 6.07) is 0. The van der Waals surface area contributed by atoms with Crippen LogP contribution in [-0.4, -0.2) is 36.4 Å². The second-order valence-corrected chi connectivity index (χ2v) is 6.76. The molecule has 0 amide bonds. The highest BCUT2D eigenvalue weighted by Gasteiger charge is 2.69. The van der Waals surface area contributed by atoms with Crippen molar-refractivity contribution < 1.29 is 7.46 Å². The van der Waals surface area contributed by atoms with Gasteiger partial charge in [-0.05, 0) is 38.1 Å². The summed E-state index contributed by atoms with van der Waals surface area (Å²) in [4.78, 5) is 0. The van der Waals surface area contributed by atoms with E-state index in [1.807, 2.05) is 23.0 Å². The highest BCUT2D eigenvalue weighted by molar-refractivity contribution is 14.1. The molecule has 2 aliphatic heterocycles. The summed E-state index contributed by atoms with van der Waals surface area (Å²) in [6.45, 7) is 1.88. The monoisotopic (exact) mass is 352 g/mol. The number of alkyl halides is 1. The Balaban J connectivity index is 1.51. The molecule has 2 spiro atoms. The molecule has 17 heavy (non-hydrogen) atoms. The van der Waals surface area contributed by atoms with E-state index in [1.54, 1.807) is 0 Å². The van der Waals surface area contributed by atoms with Gasteiger partial charge in [0.15, 0.2) is 0 Å². The first-order chi connectivity index (χ1) is 8.22. The minimum atomic E-state index is -0.635. The van der Waals surface area contributed by atoms with Crippen LogP contribution in [0.4, 0.5) is 4.39 Å². The molecule has 2 saturated carbocycles. The Morgan fingerprint density at radius 1 is 1.29 bits per heavy atom. The van der Waals surface area contributed by atoms with Crippen molar-refractivity contribution in [2.75, 3.05) is 13.1 Å². The quantitative estimate of drug-likeness (QED) is 0.741. The molecule has 2 saturated heterocycles. The van der Waals surface area contributed by atoms with Crippen molar-refractivity contribution in [2.45, 2.75) is 49.0 Å². The fraction of sp³-hybridized carbons (Fsp3) is 1.00. The number of halogens is 2. The van der Waals surface area contributed by atoms with Crippen molar-refractivity contribution >= 4 is 23.0 Å². The summed E-state index contributed by atoms with van der Waals surface area (Å²) < 4.78 is 20.0. The topological polar surface area (TPSA) is 33.3 Å². The molecule has 5 atom stereocenters.